The number of hydrogen-bond donors (Lipinski definition) is 1. The molecule has 0 saturated carbocycles. The molecule has 2 aliphatic heterocycles. The Kier molecular flexibility index (Phi) is 5.26. The summed E-state index contributed by atoms with van der Waals surface area (Å²) in [5.74, 6) is -0.321. The summed E-state index contributed by atoms with van der Waals surface area (Å²) in [6.45, 7) is 3.53. The molecule has 1 atom stereocenters. The highest BCUT2D eigenvalue weighted by molar-refractivity contribution is 5.93. The number of para-hydroxylation sites is 1. The van der Waals surface area contributed by atoms with Crippen LogP contribution in [0.2, 0.25) is 0 Å². The summed E-state index contributed by atoms with van der Waals surface area (Å²) in [4.78, 5) is 27.1. The molecule has 1 aromatic rings. The zero-order valence-corrected chi connectivity index (χ0v) is 14.5. The highest BCUT2D eigenvalue weighted by Gasteiger charge is 2.36. The van der Waals surface area contributed by atoms with E-state index in [1.165, 1.54) is 0 Å². The van der Waals surface area contributed by atoms with E-state index >= 15 is 0 Å². The topological polar surface area (TPSA) is 81.9 Å². The lowest BCUT2D eigenvalue weighted by Gasteiger charge is -2.31. The normalized spacial score (nSPS) is 19.9. The molecule has 134 valence electrons. The molecule has 2 heterocycles. The molecule has 1 unspecified atom stereocenters. The number of esters is 1. The number of fused-ring (bicyclic) bond motifs is 1. The van der Waals surface area contributed by atoms with Gasteiger partial charge in [-0.25, -0.2) is 4.79 Å². The van der Waals surface area contributed by atoms with Crippen molar-refractivity contribution in [2.75, 3.05) is 19.7 Å². The number of benzene rings is 1. The molecule has 0 aliphatic carbocycles. The van der Waals surface area contributed by atoms with Gasteiger partial charge in [-0.05, 0) is 32.3 Å². The van der Waals surface area contributed by atoms with Crippen molar-refractivity contribution < 1.29 is 19.1 Å². The Balaban J connectivity index is 1.90. The third-order valence-corrected chi connectivity index (χ3v) is 4.71. The third kappa shape index (κ3) is 3.62. The van der Waals surface area contributed by atoms with E-state index in [0.29, 0.717) is 5.75 Å². The number of hydrogen-bond acceptors (Lipinski definition) is 5. The van der Waals surface area contributed by atoms with Gasteiger partial charge < -0.3 is 20.1 Å². The summed E-state index contributed by atoms with van der Waals surface area (Å²) < 4.78 is 10.7. The zero-order valence-electron chi connectivity index (χ0n) is 14.5. The van der Waals surface area contributed by atoms with Gasteiger partial charge in [0.2, 0.25) is 11.8 Å². The standard InChI is InChI=1S/C19H24N2O4/c1-2-24-19(23)17-14(12-16(22)21-10-6-3-7-11-21)13-8-4-5-9-15(13)25-18(17)20/h4-5,8-9,14H,2-3,6-7,10-12,20H2,1H3. The highest BCUT2D eigenvalue weighted by Crippen LogP contribution is 2.40. The van der Waals surface area contributed by atoms with Crippen LogP contribution >= 0.6 is 0 Å². The first-order valence-corrected chi connectivity index (χ1v) is 8.83. The summed E-state index contributed by atoms with van der Waals surface area (Å²) in [7, 11) is 0. The van der Waals surface area contributed by atoms with Gasteiger partial charge in [0.25, 0.3) is 0 Å². The molecule has 2 aliphatic rings. The van der Waals surface area contributed by atoms with E-state index in [-0.39, 0.29) is 30.4 Å². The van der Waals surface area contributed by atoms with Crippen LogP contribution in [0.5, 0.6) is 5.75 Å². The number of carbonyl (C=O) groups excluding carboxylic acids is 2. The van der Waals surface area contributed by atoms with Crippen molar-refractivity contribution in [2.24, 2.45) is 5.73 Å². The fraction of sp³-hybridized carbons (Fsp3) is 0.474. The maximum atomic E-state index is 12.8. The summed E-state index contributed by atoms with van der Waals surface area (Å²) in [6, 6.07) is 7.37. The molecule has 1 amide bonds. The molecular weight excluding hydrogens is 320 g/mol. The summed E-state index contributed by atoms with van der Waals surface area (Å²) in [6.07, 6.45) is 3.40. The van der Waals surface area contributed by atoms with Gasteiger partial charge in [0.1, 0.15) is 11.3 Å². The second-order valence-electron chi connectivity index (χ2n) is 6.34. The zero-order chi connectivity index (χ0) is 17.8. The molecule has 1 aromatic carbocycles. The van der Waals surface area contributed by atoms with Gasteiger partial charge in [0, 0.05) is 31.0 Å². The minimum atomic E-state index is -0.522. The summed E-state index contributed by atoms with van der Waals surface area (Å²) in [5, 5.41) is 0. The second kappa shape index (κ2) is 7.59. The number of piperidine rings is 1. The van der Waals surface area contributed by atoms with E-state index in [1.807, 2.05) is 23.1 Å². The van der Waals surface area contributed by atoms with Gasteiger partial charge in [0.15, 0.2) is 0 Å². The molecule has 0 spiro atoms. The summed E-state index contributed by atoms with van der Waals surface area (Å²) in [5.41, 5.74) is 7.04. The fourth-order valence-electron chi connectivity index (χ4n) is 3.47. The maximum Gasteiger partial charge on any atom is 0.340 e. The Labute approximate surface area is 147 Å². The first kappa shape index (κ1) is 17.3. The smallest absolute Gasteiger partial charge is 0.340 e. The van der Waals surface area contributed by atoms with E-state index in [4.69, 9.17) is 15.2 Å². The minimum Gasteiger partial charge on any atom is -0.462 e. The summed E-state index contributed by atoms with van der Waals surface area (Å²) >= 11 is 0. The van der Waals surface area contributed by atoms with Gasteiger partial charge in [-0.15, -0.1) is 0 Å². The fourth-order valence-corrected chi connectivity index (χ4v) is 3.47. The number of nitrogens with two attached hydrogens (primary N) is 1. The Bertz CT molecular complexity index is 692. The average Bonchev–Trinajstić information content (AvgIpc) is 2.62. The molecule has 1 fully saturated rings. The van der Waals surface area contributed by atoms with Gasteiger partial charge in [-0.3, -0.25) is 4.79 Å². The van der Waals surface area contributed by atoms with Crippen molar-refractivity contribution in [3.8, 4) is 5.75 Å². The van der Waals surface area contributed by atoms with E-state index in [1.54, 1.807) is 13.0 Å². The van der Waals surface area contributed by atoms with Crippen LogP contribution in [0, 0.1) is 0 Å². The van der Waals surface area contributed by atoms with Crippen molar-refractivity contribution in [3.63, 3.8) is 0 Å². The number of amides is 1. The largest absolute Gasteiger partial charge is 0.462 e. The molecule has 0 radical (unpaired) electrons. The van der Waals surface area contributed by atoms with Crippen LogP contribution in [0.1, 0.15) is 44.1 Å². The molecule has 3 rings (SSSR count). The lowest BCUT2D eigenvalue weighted by atomic mass is 9.85. The maximum absolute atomic E-state index is 12.8. The van der Waals surface area contributed by atoms with Crippen molar-refractivity contribution in [1.82, 2.24) is 4.90 Å². The number of rotatable bonds is 4. The monoisotopic (exact) mass is 344 g/mol. The Morgan fingerprint density at radius 3 is 2.68 bits per heavy atom. The molecule has 25 heavy (non-hydrogen) atoms. The van der Waals surface area contributed by atoms with Gasteiger partial charge in [-0.1, -0.05) is 18.2 Å². The van der Waals surface area contributed by atoms with Crippen LogP contribution in [0.25, 0.3) is 0 Å². The van der Waals surface area contributed by atoms with Crippen molar-refractivity contribution in [2.45, 2.75) is 38.5 Å². The Morgan fingerprint density at radius 2 is 1.96 bits per heavy atom. The van der Waals surface area contributed by atoms with Crippen LogP contribution < -0.4 is 10.5 Å². The predicted octanol–water partition coefficient (Wildman–Crippen LogP) is 2.30. The van der Waals surface area contributed by atoms with Crippen LogP contribution in [-0.4, -0.2) is 36.5 Å². The van der Waals surface area contributed by atoms with Crippen molar-refractivity contribution >= 4 is 11.9 Å². The first-order chi connectivity index (χ1) is 12.1. The second-order valence-corrected chi connectivity index (χ2v) is 6.34. The molecule has 6 nitrogen and oxygen atoms in total. The van der Waals surface area contributed by atoms with E-state index in [9.17, 15) is 9.59 Å². The quantitative estimate of drug-likeness (QED) is 0.848. The third-order valence-electron chi connectivity index (χ3n) is 4.71. The van der Waals surface area contributed by atoms with Crippen LogP contribution in [-0.2, 0) is 14.3 Å². The lowest BCUT2D eigenvalue weighted by Crippen LogP contribution is -2.37. The number of nitrogens with zero attached hydrogens (tertiary/aromatic N) is 1. The molecule has 1 saturated heterocycles. The number of ether oxygens (including phenoxy) is 2. The predicted molar refractivity (Wildman–Crippen MR) is 92.7 cm³/mol. The van der Waals surface area contributed by atoms with Crippen LogP contribution in [0.15, 0.2) is 35.7 Å². The molecule has 2 N–H and O–H groups in total. The van der Waals surface area contributed by atoms with Crippen molar-refractivity contribution in [3.05, 3.63) is 41.3 Å². The molecule has 0 aromatic heterocycles. The van der Waals surface area contributed by atoms with Crippen LogP contribution in [0.4, 0.5) is 0 Å². The SMILES string of the molecule is CCOC(=O)C1=C(N)Oc2ccccc2C1CC(=O)N1CCCCC1. The lowest BCUT2D eigenvalue weighted by molar-refractivity contribution is -0.139. The number of likely N-dealkylation sites (tertiary alicyclic amines) is 1. The van der Waals surface area contributed by atoms with Crippen LogP contribution in [0.3, 0.4) is 0 Å². The van der Waals surface area contributed by atoms with E-state index in [0.717, 1.165) is 37.9 Å². The van der Waals surface area contributed by atoms with Gasteiger partial charge in [0.05, 0.1) is 6.61 Å². The minimum absolute atomic E-state index is 0.0218. The average molecular weight is 344 g/mol. The number of carbonyl (C=O) groups is 2. The first-order valence-electron chi connectivity index (χ1n) is 8.83. The van der Waals surface area contributed by atoms with E-state index < -0.39 is 11.9 Å². The van der Waals surface area contributed by atoms with E-state index in [2.05, 4.69) is 0 Å². The Morgan fingerprint density at radius 1 is 1.24 bits per heavy atom. The van der Waals surface area contributed by atoms with Gasteiger partial charge >= 0.3 is 5.97 Å². The van der Waals surface area contributed by atoms with Gasteiger partial charge in [-0.2, -0.15) is 0 Å². The van der Waals surface area contributed by atoms with Crippen molar-refractivity contribution in [1.29, 1.82) is 0 Å². The molecule has 6 heteroatoms. The molecular formula is C19H24N2O4. The Hall–Kier alpha value is -2.50. The highest BCUT2D eigenvalue weighted by atomic mass is 16.5. The molecule has 0 bridgehead atoms.